The molecule has 0 amide bonds. The van der Waals surface area contributed by atoms with E-state index < -0.39 is 0 Å². The molecule has 1 aromatic carbocycles. The number of hydrogen-bond donors (Lipinski definition) is 0. The molecule has 0 atom stereocenters. The third kappa shape index (κ3) is 9.07. The molecule has 0 radical (unpaired) electrons. The fourth-order valence-corrected chi connectivity index (χ4v) is 3.00. The predicted molar refractivity (Wildman–Crippen MR) is 118 cm³/mol. The lowest BCUT2D eigenvalue weighted by Gasteiger charge is -2.14. The van der Waals surface area contributed by atoms with Crippen molar-refractivity contribution >= 4 is 5.97 Å². The maximum atomic E-state index is 11.4. The van der Waals surface area contributed by atoms with E-state index in [9.17, 15) is 4.79 Å². The lowest BCUT2D eigenvalue weighted by molar-refractivity contribution is -0.131. The molecule has 0 saturated heterocycles. The van der Waals surface area contributed by atoms with E-state index >= 15 is 0 Å². The van der Waals surface area contributed by atoms with Crippen LogP contribution in [-0.2, 0) is 11.2 Å². The lowest BCUT2D eigenvalue weighted by atomic mass is 10.0. The Hall–Kier alpha value is -2.29. The molecule has 0 unspecified atom stereocenters. The summed E-state index contributed by atoms with van der Waals surface area (Å²) in [4.78, 5) is 11.4. The van der Waals surface area contributed by atoms with Gasteiger partial charge in [-0.25, -0.2) is 0 Å². The first-order chi connectivity index (χ1) is 13.2. The molecule has 0 spiro atoms. The molecule has 0 N–H and O–H groups in total. The summed E-state index contributed by atoms with van der Waals surface area (Å²) in [6.45, 7) is 12.0. The minimum Gasteiger partial charge on any atom is -0.496 e. The van der Waals surface area contributed by atoms with E-state index in [0.29, 0.717) is 12.2 Å². The summed E-state index contributed by atoms with van der Waals surface area (Å²) < 4.78 is 10.9. The number of hydrogen-bond acceptors (Lipinski definition) is 3. The Balaban J connectivity index is 2.74. The highest BCUT2D eigenvalue weighted by molar-refractivity contribution is 5.70. The van der Waals surface area contributed by atoms with Crippen molar-refractivity contribution in [1.29, 1.82) is 0 Å². The molecule has 0 fully saturated rings. The zero-order chi connectivity index (χ0) is 21.1. The third-order valence-corrected chi connectivity index (χ3v) is 4.56. The van der Waals surface area contributed by atoms with Crippen LogP contribution in [0.25, 0.3) is 0 Å². The largest absolute Gasteiger partial charge is 0.496 e. The molecule has 0 aliphatic rings. The number of aryl methyl sites for hydroxylation is 1. The number of ether oxygens (including phenoxy) is 2. The summed E-state index contributed by atoms with van der Waals surface area (Å²) in [6.07, 6.45) is 11.8. The second-order valence-corrected chi connectivity index (χ2v) is 7.70. The number of carbonyl (C=O) groups is 1. The quantitative estimate of drug-likeness (QED) is 0.250. The van der Waals surface area contributed by atoms with E-state index in [-0.39, 0.29) is 5.97 Å². The van der Waals surface area contributed by atoms with Crippen LogP contribution in [0.4, 0.5) is 0 Å². The van der Waals surface area contributed by atoms with Gasteiger partial charge in [-0.1, -0.05) is 34.9 Å². The normalized spacial score (nSPS) is 12.0. The Labute approximate surface area is 171 Å². The Morgan fingerprint density at radius 2 is 1.46 bits per heavy atom. The third-order valence-electron chi connectivity index (χ3n) is 4.56. The summed E-state index contributed by atoms with van der Waals surface area (Å²) in [6, 6.07) is 3.87. The second-order valence-electron chi connectivity index (χ2n) is 7.70. The number of methoxy groups -OCH3 is 1. The van der Waals surface area contributed by atoms with Gasteiger partial charge in [-0.2, -0.15) is 0 Å². The monoisotopic (exact) mass is 384 g/mol. The molecule has 0 aliphatic carbocycles. The van der Waals surface area contributed by atoms with Crippen LogP contribution < -0.4 is 9.47 Å². The first-order valence-electron chi connectivity index (χ1n) is 10.0. The zero-order valence-corrected chi connectivity index (χ0v) is 18.6. The van der Waals surface area contributed by atoms with Crippen molar-refractivity contribution in [3.63, 3.8) is 0 Å². The maximum absolute atomic E-state index is 11.4. The fourth-order valence-electron chi connectivity index (χ4n) is 3.00. The molecule has 0 heterocycles. The second kappa shape index (κ2) is 12.2. The smallest absolute Gasteiger partial charge is 0.308 e. The first-order valence-corrected chi connectivity index (χ1v) is 10.0. The van der Waals surface area contributed by atoms with E-state index in [1.807, 2.05) is 19.1 Å². The minimum absolute atomic E-state index is 0.316. The summed E-state index contributed by atoms with van der Waals surface area (Å²) >= 11 is 0. The molecule has 0 saturated carbocycles. The summed E-state index contributed by atoms with van der Waals surface area (Å²) in [5, 5.41) is 0. The van der Waals surface area contributed by atoms with Crippen molar-refractivity contribution < 1.29 is 14.3 Å². The molecule has 28 heavy (non-hydrogen) atoms. The van der Waals surface area contributed by atoms with Crippen molar-refractivity contribution in [1.82, 2.24) is 0 Å². The Bertz CT molecular complexity index is 747. The first kappa shape index (κ1) is 23.7. The Morgan fingerprint density at radius 3 is 2.04 bits per heavy atom. The van der Waals surface area contributed by atoms with E-state index in [2.05, 4.69) is 45.9 Å². The van der Waals surface area contributed by atoms with Gasteiger partial charge in [0.15, 0.2) is 0 Å². The van der Waals surface area contributed by atoms with Gasteiger partial charge >= 0.3 is 5.97 Å². The number of allylic oxidation sites excluding steroid dienone is 6. The Kier molecular flexibility index (Phi) is 10.4. The highest BCUT2D eigenvalue weighted by atomic mass is 16.5. The SMILES string of the molecule is COc1cc(C)cc(OC(C)=O)c1C/C=C(\C)CC/C=C(\C)CCC=C(C)C. The number of carbonyl (C=O) groups excluding carboxylic acids is 1. The summed E-state index contributed by atoms with van der Waals surface area (Å²) in [5.41, 5.74) is 6.07. The molecule has 3 heteroatoms. The van der Waals surface area contributed by atoms with Crippen LogP contribution in [0.2, 0.25) is 0 Å². The van der Waals surface area contributed by atoms with Crippen LogP contribution in [0.1, 0.15) is 71.4 Å². The molecule has 3 nitrogen and oxygen atoms in total. The zero-order valence-electron chi connectivity index (χ0n) is 18.6. The van der Waals surface area contributed by atoms with Crippen molar-refractivity contribution in [2.45, 2.75) is 73.6 Å². The average Bonchev–Trinajstić information content (AvgIpc) is 2.59. The summed E-state index contributed by atoms with van der Waals surface area (Å²) in [5.74, 6) is 1.03. The van der Waals surface area contributed by atoms with Gasteiger partial charge in [0.05, 0.1) is 7.11 Å². The highest BCUT2D eigenvalue weighted by Crippen LogP contribution is 2.32. The van der Waals surface area contributed by atoms with Crippen molar-refractivity contribution in [2.75, 3.05) is 7.11 Å². The maximum Gasteiger partial charge on any atom is 0.308 e. The fraction of sp³-hybridized carbons (Fsp3) is 0.480. The molecule has 0 aromatic heterocycles. The van der Waals surface area contributed by atoms with Gasteiger partial charge in [-0.05, 0) is 84.4 Å². The predicted octanol–water partition coefficient (Wildman–Crippen LogP) is 6.89. The minimum atomic E-state index is -0.316. The van der Waals surface area contributed by atoms with Crippen molar-refractivity contribution in [2.24, 2.45) is 0 Å². The van der Waals surface area contributed by atoms with Gasteiger partial charge in [0.25, 0.3) is 0 Å². The molecule has 1 rings (SSSR count). The molecule has 0 bridgehead atoms. The molecule has 1 aromatic rings. The van der Waals surface area contributed by atoms with Crippen molar-refractivity contribution in [3.8, 4) is 11.5 Å². The van der Waals surface area contributed by atoms with Crippen LogP contribution >= 0.6 is 0 Å². The van der Waals surface area contributed by atoms with E-state index in [1.165, 1.54) is 23.6 Å². The molecule has 154 valence electrons. The molecular formula is C25H36O3. The van der Waals surface area contributed by atoms with Crippen LogP contribution in [0.3, 0.4) is 0 Å². The topological polar surface area (TPSA) is 35.5 Å². The van der Waals surface area contributed by atoms with Gasteiger partial charge < -0.3 is 9.47 Å². The van der Waals surface area contributed by atoms with Crippen molar-refractivity contribution in [3.05, 3.63) is 58.2 Å². The van der Waals surface area contributed by atoms with E-state index in [0.717, 1.165) is 42.6 Å². The number of rotatable bonds is 10. The van der Waals surface area contributed by atoms with Crippen LogP contribution in [0.15, 0.2) is 47.1 Å². The summed E-state index contributed by atoms with van der Waals surface area (Å²) in [7, 11) is 1.65. The van der Waals surface area contributed by atoms with Crippen LogP contribution in [-0.4, -0.2) is 13.1 Å². The van der Waals surface area contributed by atoms with Crippen LogP contribution in [0.5, 0.6) is 11.5 Å². The van der Waals surface area contributed by atoms with Gasteiger partial charge in [0.2, 0.25) is 0 Å². The highest BCUT2D eigenvalue weighted by Gasteiger charge is 2.12. The van der Waals surface area contributed by atoms with E-state index in [4.69, 9.17) is 9.47 Å². The van der Waals surface area contributed by atoms with Gasteiger partial charge in [0.1, 0.15) is 11.5 Å². The standard InChI is InChI=1S/C25H36O3/c1-18(2)10-8-11-19(3)12-9-13-20(4)14-15-23-24(27-7)16-21(5)17-25(23)28-22(6)26/h10,12,14,16-17H,8-9,11,13,15H2,1-7H3/b19-12+,20-14+. The number of benzene rings is 1. The number of esters is 1. The van der Waals surface area contributed by atoms with E-state index in [1.54, 1.807) is 7.11 Å². The Morgan fingerprint density at radius 1 is 0.893 bits per heavy atom. The average molecular weight is 385 g/mol. The van der Waals surface area contributed by atoms with Crippen LogP contribution in [0, 0.1) is 6.92 Å². The lowest BCUT2D eigenvalue weighted by Crippen LogP contribution is -2.05. The molecule has 0 aliphatic heterocycles. The molecular weight excluding hydrogens is 348 g/mol. The van der Waals surface area contributed by atoms with Gasteiger partial charge in [-0.15, -0.1) is 0 Å². The van der Waals surface area contributed by atoms with Gasteiger partial charge in [-0.3, -0.25) is 4.79 Å². The van der Waals surface area contributed by atoms with Gasteiger partial charge in [0, 0.05) is 12.5 Å².